The van der Waals surface area contributed by atoms with Gasteiger partial charge in [-0.1, -0.05) is 29.8 Å². The highest BCUT2D eigenvalue weighted by Gasteiger charge is 2.17. The largest absolute Gasteiger partial charge is 0.212 e. The van der Waals surface area contributed by atoms with Crippen LogP contribution in [0.25, 0.3) is 0 Å². The Morgan fingerprint density at radius 2 is 1.92 bits per heavy atom. The van der Waals surface area contributed by atoms with E-state index in [1.54, 1.807) is 6.92 Å². The van der Waals surface area contributed by atoms with Gasteiger partial charge in [0.15, 0.2) is 0 Å². The second-order valence-electron chi connectivity index (χ2n) is 3.03. The molecule has 74 valence electrons. The van der Waals surface area contributed by atoms with E-state index in [0.29, 0.717) is 11.2 Å². The van der Waals surface area contributed by atoms with Gasteiger partial charge in [0, 0.05) is 11.4 Å². The monoisotopic (exact) mass is 257 g/mol. The van der Waals surface area contributed by atoms with E-state index in [2.05, 4.69) is 20.7 Å². The van der Waals surface area contributed by atoms with Gasteiger partial charge >= 0.3 is 0 Å². The Morgan fingerprint density at radius 3 is 2.17 bits per heavy atom. The molecule has 12 heavy (non-hydrogen) atoms. The molecule has 0 bridgehead atoms. The van der Waals surface area contributed by atoms with Crippen molar-refractivity contribution < 1.29 is 8.42 Å². The summed E-state index contributed by atoms with van der Waals surface area (Å²) in [7, 11) is -3.06. The van der Waals surface area contributed by atoms with Crippen molar-refractivity contribution in [3.63, 3.8) is 0 Å². The van der Waals surface area contributed by atoms with Crippen molar-refractivity contribution in [2.45, 2.75) is 26.8 Å². The summed E-state index contributed by atoms with van der Waals surface area (Å²) in [4.78, 5) is 0. The first-order chi connectivity index (χ1) is 5.43. The highest BCUT2D eigenvalue weighted by molar-refractivity contribution is 9.09. The first-order valence-corrected chi connectivity index (χ1v) is 6.76. The lowest BCUT2D eigenvalue weighted by atomic mass is 10.1. The molecule has 0 fully saturated rings. The Bertz CT molecular complexity index is 213. The molecule has 0 aliphatic carbocycles. The number of sulfonamides is 1. The van der Waals surface area contributed by atoms with Gasteiger partial charge < -0.3 is 0 Å². The minimum atomic E-state index is -3.06. The Kier molecular flexibility index (Phi) is 5.36. The Morgan fingerprint density at radius 1 is 1.42 bits per heavy atom. The van der Waals surface area contributed by atoms with Gasteiger partial charge in [-0.3, -0.25) is 0 Å². The molecule has 0 radical (unpaired) electrons. The van der Waals surface area contributed by atoms with Crippen molar-refractivity contribution >= 4 is 26.0 Å². The zero-order valence-electron chi connectivity index (χ0n) is 7.67. The van der Waals surface area contributed by atoms with Gasteiger partial charge in [0.2, 0.25) is 10.0 Å². The van der Waals surface area contributed by atoms with Crippen LogP contribution in [0, 0.1) is 5.92 Å². The lowest BCUT2D eigenvalue weighted by Crippen LogP contribution is -2.40. The van der Waals surface area contributed by atoms with Crippen molar-refractivity contribution in [3.8, 4) is 0 Å². The topological polar surface area (TPSA) is 46.2 Å². The van der Waals surface area contributed by atoms with Crippen molar-refractivity contribution in [3.05, 3.63) is 0 Å². The molecule has 1 unspecified atom stereocenters. The maximum Gasteiger partial charge on any atom is 0.211 e. The van der Waals surface area contributed by atoms with Crippen LogP contribution in [0.2, 0.25) is 0 Å². The van der Waals surface area contributed by atoms with Gasteiger partial charge in [0.1, 0.15) is 0 Å². The fourth-order valence-corrected chi connectivity index (χ4v) is 2.77. The van der Waals surface area contributed by atoms with Crippen LogP contribution in [0.3, 0.4) is 0 Å². The predicted octanol–water partition coefficient (Wildman–Crippen LogP) is 1.35. The number of rotatable bonds is 5. The summed E-state index contributed by atoms with van der Waals surface area (Å²) >= 11 is 3.27. The zero-order valence-corrected chi connectivity index (χ0v) is 10.1. The molecule has 1 atom stereocenters. The molecule has 0 amide bonds. The second-order valence-corrected chi connectivity index (χ2v) is 5.72. The summed E-state index contributed by atoms with van der Waals surface area (Å²) in [5.41, 5.74) is 0. The normalized spacial score (nSPS) is 15.1. The van der Waals surface area contributed by atoms with Crippen LogP contribution in [0.4, 0.5) is 0 Å². The van der Waals surface area contributed by atoms with Crippen molar-refractivity contribution in [1.29, 1.82) is 0 Å². The number of hydrogen-bond donors (Lipinski definition) is 1. The Hall–Kier alpha value is 0.390. The standard InChI is InChI=1S/C7H16BrNO2S/c1-4-12(10,11)9-7(5-8)6(2)3/h6-7,9H,4-5H2,1-3H3. The molecular formula is C7H16BrNO2S. The molecule has 3 nitrogen and oxygen atoms in total. The van der Waals surface area contributed by atoms with Crippen LogP contribution < -0.4 is 4.72 Å². The summed E-state index contributed by atoms with van der Waals surface area (Å²) in [6.45, 7) is 5.61. The minimum Gasteiger partial charge on any atom is -0.212 e. The van der Waals surface area contributed by atoms with E-state index in [1.165, 1.54) is 0 Å². The number of hydrogen-bond acceptors (Lipinski definition) is 2. The number of nitrogens with one attached hydrogen (secondary N) is 1. The molecule has 0 saturated carbocycles. The highest BCUT2D eigenvalue weighted by atomic mass is 79.9. The molecule has 5 heteroatoms. The van der Waals surface area contributed by atoms with Crippen molar-refractivity contribution in [2.75, 3.05) is 11.1 Å². The summed E-state index contributed by atoms with van der Waals surface area (Å²) in [5, 5.41) is 0.657. The van der Waals surface area contributed by atoms with Crippen LogP contribution in [0.5, 0.6) is 0 Å². The zero-order chi connectivity index (χ0) is 9.78. The smallest absolute Gasteiger partial charge is 0.211 e. The molecule has 0 rings (SSSR count). The first-order valence-electron chi connectivity index (χ1n) is 3.99. The van der Waals surface area contributed by atoms with Crippen LogP contribution in [-0.4, -0.2) is 25.5 Å². The van der Waals surface area contributed by atoms with E-state index in [1.807, 2.05) is 13.8 Å². The van der Waals surface area contributed by atoms with Gasteiger partial charge in [-0.2, -0.15) is 0 Å². The molecule has 0 aliphatic heterocycles. The van der Waals surface area contributed by atoms with Crippen LogP contribution in [0.1, 0.15) is 20.8 Å². The maximum absolute atomic E-state index is 11.1. The van der Waals surface area contributed by atoms with Crippen LogP contribution >= 0.6 is 15.9 Å². The van der Waals surface area contributed by atoms with E-state index >= 15 is 0 Å². The van der Waals surface area contributed by atoms with Crippen molar-refractivity contribution in [2.24, 2.45) is 5.92 Å². The Labute approximate surface area is 83.1 Å². The molecule has 1 N–H and O–H groups in total. The molecule has 0 aliphatic rings. The Balaban J connectivity index is 4.22. The van der Waals surface area contributed by atoms with E-state index in [0.717, 1.165) is 0 Å². The summed E-state index contributed by atoms with van der Waals surface area (Å²) in [6.07, 6.45) is 0. The van der Waals surface area contributed by atoms with Gasteiger partial charge in [0.05, 0.1) is 5.75 Å². The van der Waals surface area contributed by atoms with E-state index in [-0.39, 0.29) is 11.8 Å². The van der Waals surface area contributed by atoms with E-state index < -0.39 is 10.0 Å². The molecule has 0 aromatic heterocycles. The molecule has 0 saturated heterocycles. The average molecular weight is 258 g/mol. The summed E-state index contributed by atoms with van der Waals surface area (Å²) in [5.74, 6) is 0.453. The third-order valence-electron chi connectivity index (χ3n) is 1.68. The van der Waals surface area contributed by atoms with Crippen LogP contribution in [-0.2, 0) is 10.0 Å². The number of halogens is 1. The summed E-state index contributed by atoms with van der Waals surface area (Å²) in [6, 6.07) is -0.00468. The predicted molar refractivity (Wildman–Crippen MR) is 55.0 cm³/mol. The highest BCUT2D eigenvalue weighted by Crippen LogP contribution is 2.06. The third-order valence-corrected chi connectivity index (χ3v) is 3.80. The third kappa shape index (κ3) is 4.42. The first kappa shape index (κ1) is 12.4. The van der Waals surface area contributed by atoms with Gasteiger partial charge in [-0.25, -0.2) is 13.1 Å². The maximum atomic E-state index is 11.1. The minimum absolute atomic E-state index is 0.00468. The molecule has 0 spiro atoms. The van der Waals surface area contributed by atoms with Crippen LogP contribution in [0.15, 0.2) is 0 Å². The SMILES string of the molecule is CCS(=O)(=O)NC(CBr)C(C)C. The lowest BCUT2D eigenvalue weighted by molar-refractivity contribution is 0.484. The molecular weight excluding hydrogens is 242 g/mol. The average Bonchev–Trinajstić information content (AvgIpc) is 2.00. The molecule has 0 aromatic carbocycles. The van der Waals surface area contributed by atoms with Crippen molar-refractivity contribution in [1.82, 2.24) is 4.72 Å². The van der Waals surface area contributed by atoms with Gasteiger partial charge in [0.25, 0.3) is 0 Å². The lowest BCUT2D eigenvalue weighted by Gasteiger charge is -2.18. The molecule has 0 heterocycles. The van der Waals surface area contributed by atoms with Gasteiger partial charge in [-0.05, 0) is 12.8 Å². The molecule has 0 aromatic rings. The van der Waals surface area contributed by atoms with E-state index in [9.17, 15) is 8.42 Å². The van der Waals surface area contributed by atoms with E-state index in [4.69, 9.17) is 0 Å². The summed E-state index contributed by atoms with van der Waals surface area (Å²) < 4.78 is 24.9. The second kappa shape index (κ2) is 5.19. The van der Waals surface area contributed by atoms with Gasteiger partial charge in [-0.15, -0.1) is 0 Å². The quantitative estimate of drug-likeness (QED) is 0.756. The fourth-order valence-electron chi connectivity index (χ4n) is 0.660. The fraction of sp³-hybridized carbons (Fsp3) is 1.00. The number of alkyl halides is 1.